The molecule has 0 bridgehead atoms. The van der Waals surface area contributed by atoms with Gasteiger partial charge in [-0.3, -0.25) is 19.3 Å². The number of carbonyl (C=O) groups is 3. The molecular formula is C27H34N3O8. The number of aliphatic hydroxyl groups is 4. The maximum absolute atomic E-state index is 13.8. The van der Waals surface area contributed by atoms with Gasteiger partial charge in [-0.2, -0.15) is 0 Å². The van der Waals surface area contributed by atoms with E-state index in [1.54, 1.807) is 12.1 Å². The summed E-state index contributed by atoms with van der Waals surface area (Å²) >= 11 is 0. The lowest BCUT2D eigenvalue weighted by atomic mass is 9.56. The normalized spacial score (nSPS) is 29.4. The SMILES string of the molecule is CN(C)[C@H]1C(=O)C(C(N)=O)=C(O)[C@]2(O)C(=O)C3=C(O)c4c(ccc(CNCC(C)(C)C)c4O)[CH][C@@H]3[C@@H](O)[C@H]12. The highest BCUT2D eigenvalue weighted by atomic mass is 16.4. The van der Waals surface area contributed by atoms with Crippen LogP contribution in [0.25, 0.3) is 5.76 Å². The lowest BCUT2D eigenvalue weighted by Crippen LogP contribution is -2.70. The fourth-order valence-corrected chi connectivity index (χ4v) is 5.77. The van der Waals surface area contributed by atoms with Crippen LogP contribution >= 0.6 is 0 Å². The van der Waals surface area contributed by atoms with Crippen molar-refractivity contribution in [3.63, 3.8) is 0 Å². The van der Waals surface area contributed by atoms with Crippen LogP contribution in [0.3, 0.4) is 0 Å². The molecule has 3 aliphatic rings. The third kappa shape index (κ3) is 4.01. The monoisotopic (exact) mass is 528 g/mol. The van der Waals surface area contributed by atoms with Crippen molar-refractivity contribution < 1.29 is 39.9 Å². The van der Waals surface area contributed by atoms with E-state index in [4.69, 9.17) is 5.73 Å². The molecule has 11 nitrogen and oxygen atoms in total. The quantitative estimate of drug-likeness (QED) is 0.257. The topological polar surface area (TPSA) is 194 Å². The Balaban J connectivity index is 1.87. The molecule has 4 rings (SSSR count). The molecule has 0 spiro atoms. The summed E-state index contributed by atoms with van der Waals surface area (Å²) in [6.45, 7) is 7.04. The standard InChI is InChI=1S/C27H34N3O8/c1-26(2,3)10-29-9-12-7-6-11-8-13-15(21(33)14(11)19(12)31)23(35)27(38)17(20(13)32)18(30(4)5)22(34)16(24(27)36)25(28)37/h6-8,13,17-18,20,29,31-33,36,38H,9-10H2,1-5H3,(H2,28,37)/t13-,17-,18+,20+,27+/m0/s1. The molecule has 1 fully saturated rings. The van der Waals surface area contributed by atoms with Crippen molar-refractivity contribution in [2.24, 2.45) is 23.0 Å². The second-order valence-electron chi connectivity index (χ2n) is 11.6. The summed E-state index contributed by atoms with van der Waals surface area (Å²) in [5.74, 6) is -8.50. The van der Waals surface area contributed by atoms with Crippen molar-refractivity contribution >= 4 is 23.2 Å². The minimum atomic E-state index is -2.93. The molecular weight excluding hydrogens is 494 g/mol. The number of nitrogens with one attached hydrogen (secondary N) is 1. The minimum Gasteiger partial charge on any atom is -0.508 e. The number of primary amides is 1. The van der Waals surface area contributed by atoms with Gasteiger partial charge in [0.1, 0.15) is 22.8 Å². The highest BCUT2D eigenvalue weighted by molar-refractivity contribution is 6.24. The van der Waals surface area contributed by atoms with Crippen LogP contribution in [0.1, 0.15) is 37.5 Å². The fraction of sp³-hybridized carbons (Fsp3) is 0.481. The van der Waals surface area contributed by atoms with Crippen LogP contribution in [0.15, 0.2) is 29.0 Å². The van der Waals surface area contributed by atoms with E-state index >= 15 is 0 Å². The molecule has 8 N–H and O–H groups in total. The predicted octanol–water partition coefficient (Wildman–Crippen LogP) is 0.0804. The van der Waals surface area contributed by atoms with Gasteiger partial charge in [0.05, 0.1) is 23.6 Å². The Hall–Kier alpha value is -3.25. The number of fused-ring (bicyclic) bond motifs is 3. The number of nitrogens with zero attached hydrogens (tertiary/aromatic N) is 1. The van der Waals surface area contributed by atoms with Gasteiger partial charge in [0.15, 0.2) is 11.4 Å². The molecule has 0 unspecified atom stereocenters. The zero-order valence-corrected chi connectivity index (χ0v) is 21.9. The lowest BCUT2D eigenvalue weighted by Gasteiger charge is -2.52. The highest BCUT2D eigenvalue weighted by Crippen LogP contribution is 2.53. The van der Waals surface area contributed by atoms with Crippen molar-refractivity contribution in [2.45, 2.75) is 45.1 Å². The third-order valence-electron chi connectivity index (χ3n) is 7.51. The number of aromatic hydroxyl groups is 1. The molecule has 3 aliphatic carbocycles. The molecule has 1 saturated carbocycles. The number of amides is 1. The van der Waals surface area contributed by atoms with Crippen LogP contribution in [-0.2, 0) is 20.9 Å². The number of hydrogen-bond donors (Lipinski definition) is 7. The zero-order valence-electron chi connectivity index (χ0n) is 21.9. The second kappa shape index (κ2) is 9.19. The van der Waals surface area contributed by atoms with E-state index in [1.165, 1.54) is 25.4 Å². The van der Waals surface area contributed by atoms with Gasteiger partial charge in [-0.1, -0.05) is 32.9 Å². The maximum atomic E-state index is 13.8. The average Bonchev–Trinajstić information content (AvgIpc) is 2.79. The fourth-order valence-electron chi connectivity index (χ4n) is 5.77. The van der Waals surface area contributed by atoms with E-state index < -0.39 is 69.7 Å². The third-order valence-corrected chi connectivity index (χ3v) is 7.51. The van der Waals surface area contributed by atoms with Gasteiger partial charge in [0.25, 0.3) is 5.91 Å². The first kappa shape index (κ1) is 27.8. The Labute approximate surface area is 220 Å². The van der Waals surface area contributed by atoms with Gasteiger partial charge in [0, 0.05) is 36.6 Å². The predicted molar refractivity (Wildman–Crippen MR) is 136 cm³/mol. The Morgan fingerprint density at radius 1 is 1.16 bits per heavy atom. The number of likely N-dealkylation sites (N-methyl/N-ethyl adjacent to an activating group) is 1. The molecule has 0 aromatic heterocycles. The number of phenolic OH excluding ortho intramolecular Hbond substituents is 1. The van der Waals surface area contributed by atoms with Crippen molar-refractivity contribution in [3.8, 4) is 5.75 Å². The number of phenols is 1. The van der Waals surface area contributed by atoms with Crippen LogP contribution in [0.4, 0.5) is 0 Å². The summed E-state index contributed by atoms with van der Waals surface area (Å²) in [7, 11) is 2.91. The number of ketones is 2. The number of aliphatic hydroxyl groups excluding tert-OH is 3. The Morgan fingerprint density at radius 3 is 2.34 bits per heavy atom. The Bertz CT molecular complexity index is 1290. The summed E-state index contributed by atoms with van der Waals surface area (Å²) < 4.78 is 0. The van der Waals surface area contributed by atoms with E-state index in [0.717, 1.165) is 0 Å². The van der Waals surface area contributed by atoms with E-state index in [0.29, 0.717) is 17.7 Å². The van der Waals surface area contributed by atoms with Crippen molar-refractivity contribution in [1.82, 2.24) is 10.2 Å². The van der Waals surface area contributed by atoms with Gasteiger partial charge >= 0.3 is 0 Å². The summed E-state index contributed by atoms with van der Waals surface area (Å²) in [6, 6.07) is 1.90. The van der Waals surface area contributed by atoms with E-state index in [-0.39, 0.29) is 23.3 Å². The van der Waals surface area contributed by atoms with Crippen molar-refractivity contribution in [1.29, 1.82) is 0 Å². The molecule has 11 heteroatoms. The van der Waals surface area contributed by atoms with E-state index in [1.807, 2.05) is 20.8 Å². The lowest BCUT2D eigenvalue weighted by molar-refractivity contribution is -0.167. The first-order valence-corrected chi connectivity index (χ1v) is 12.3. The molecule has 1 amide bonds. The molecule has 5 atom stereocenters. The molecule has 0 heterocycles. The van der Waals surface area contributed by atoms with E-state index in [2.05, 4.69) is 5.32 Å². The largest absolute Gasteiger partial charge is 0.508 e. The number of nitrogens with two attached hydrogens (primary N) is 1. The molecule has 1 aromatic carbocycles. The summed E-state index contributed by atoms with van der Waals surface area (Å²) in [5.41, 5.74) is 1.68. The first-order valence-electron chi connectivity index (χ1n) is 12.3. The molecule has 0 saturated heterocycles. The zero-order chi connectivity index (χ0) is 28.5. The second-order valence-corrected chi connectivity index (χ2v) is 11.6. The number of hydrogen-bond acceptors (Lipinski definition) is 10. The number of carbonyl (C=O) groups excluding carboxylic acids is 3. The smallest absolute Gasteiger partial charge is 0.255 e. The van der Waals surface area contributed by atoms with Gasteiger partial charge in [0.2, 0.25) is 5.78 Å². The van der Waals surface area contributed by atoms with E-state index in [9.17, 15) is 39.9 Å². The van der Waals surface area contributed by atoms with Crippen LogP contribution < -0.4 is 11.1 Å². The number of Topliss-reactive ketones (excluding diaryl/α,β-unsaturated/α-hetero) is 2. The highest BCUT2D eigenvalue weighted by Gasteiger charge is 2.67. The Kier molecular flexibility index (Phi) is 6.72. The Morgan fingerprint density at radius 2 is 1.79 bits per heavy atom. The summed E-state index contributed by atoms with van der Waals surface area (Å²) in [6.07, 6.45) is -0.175. The molecule has 205 valence electrons. The van der Waals surface area contributed by atoms with Crippen LogP contribution in [0.2, 0.25) is 0 Å². The van der Waals surface area contributed by atoms with Gasteiger partial charge in [-0.25, -0.2) is 0 Å². The van der Waals surface area contributed by atoms with Gasteiger partial charge < -0.3 is 36.6 Å². The molecule has 0 aliphatic heterocycles. The molecule has 1 radical (unpaired) electrons. The number of rotatable bonds is 5. The molecule has 38 heavy (non-hydrogen) atoms. The van der Waals surface area contributed by atoms with Gasteiger partial charge in [-0.15, -0.1) is 0 Å². The first-order chi connectivity index (χ1) is 17.5. The van der Waals surface area contributed by atoms with Crippen LogP contribution in [0, 0.1) is 23.7 Å². The summed E-state index contributed by atoms with van der Waals surface area (Å²) in [5, 5.41) is 59.5. The van der Waals surface area contributed by atoms with Crippen LogP contribution in [-0.4, -0.2) is 86.3 Å². The average molecular weight is 529 g/mol. The summed E-state index contributed by atoms with van der Waals surface area (Å²) in [4.78, 5) is 40.3. The minimum absolute atomic E-state index is 0.0172. The molecule has 1 aromatic rings. The van der Waals surface area contributed by atoms with Crippen molar-refractivity contribution in [2.75, 3.05) is 20.6 Å². The van der Waals surface area contributed by atoms with Gasteiger partial charge in [-0.05, 0) is 25.1 Å². The van der Waals surface area contributed by atoms with Crippen molar-refractivity contribution in [3.05, 3.63) is 52.1 Å². The number of benzene rings is 1. The maximum Gasteiger partial charge on any atom is 0.255 e. The van der Waals surface area contributed by atoms with Crippen LogP contribution in [0.5, 0.6) is 5.75 Å².